The van der Waals surface area contributed by atoms with Gasteiger partial charge in [-0.2, -0.15) is 9.78 Å². The number of nitrogens with one attached hydrogen (secondary N) is 1. The van der Waals surface area contributed by atoms with Gasteiger partial charge >= 0.3 is 0 Å². The van der Waals surface area contributed by atoms with Gasteiger partial charge in [-0.05, 0) is 55.4 Å². The molecule has 0 spiro atoms. The summed E-state index contributed by atoms with van der Waals surface area (Å²) in [6.45, 7) is 0.861. The molecule has 5 aromatic rings. The second-order valence-electron chi connectivity index (χ2n) is 8.01. The van der Waals surface area contributed by atoms with Crippen molar-refractivity contribution in [1.29, 1.82) is 0 Å². The first-order chi connectivity index (χ1) is 16.5. The van der Waals surface area contributed by atoms with E-state index in [1.807, 2.05) is 55.9 Å². The van der Waals surface area contributed by atoms with Crippen molar-refractivity contribution in [2.45, 2.75) is 6.54 Å². The standard InChI is InChI=1S/C25H21ClN6OS/c1-31(2)15-16-9-11-17(12-10-16)28-25-27-14-18-22(29-25)23(21-8-5-13-34-21)30-32(24(18)33)20-7-4-3-6-19(20)26/h3-14H,15H2,1-2H3,(H,27,28,29). The third kappa shape index (κ3) is 4.43. The lowest BCUT2D eigenvalue weighted by Crippen LogP contribution is -2.23. The van der Waals surface area contributed by atoms with Crippen molar-refractivity contribution >= 4 is 45.5 Å². The zero-order valence-electron chi connectivity index (χ0n) is 18.6. The highest BCUT2D eigenvalue weighted by atomic mass is 35.5. The van der Waals surface area contributed by atoms with Crippen molar-refractivity contribution in [1.82, 2.24) is 24.6 Å². The molecule has 0 aliphatic rings. The van der Waals surface area contributed by atoms with Crippen molar-refractivity contribution in [3.63, 3.8) is 0 Å². The highest BCUT2D eigenvalue weighted by molar-refractivity contribution is 7.13. The molecule has 1 N–H and O–H groups in total. The maximum atomic E-state index is 13.3. The molecule has 0 aliphatic heterocycles. The Balaban J connectivity index is 1.60. The number of para-hydroxylation sites is 1. The van der Waals surface area contributed by atoms with E-state index in [4.69, 9.17) is 11.6 Å². The lowest BCUT2D eigenvalue weighted by Gasteiger charge is -2.12. The SMILES string of the molecule is CN(C)Cc1ccc(Nc2ncc3c(=O)n(-c4ccccc4Cl)nc(-c4cccs4)c3n2)cc1. The Morgan fingerprint density at radius 2 is 1.85 bits per heavy atom. The number of thiophene rings is 1. The molecular formula is C25H21ClN6OS. The maximum absolute atomic E-state index is 13.3. The third-order valence-electron chi connectivity index (χ3n) is 5.18. The monoisotopic (exact) mass is 488 g/mol. The Kier molecular flexibility index (Phi) is 6.10. The summed E-state index contributed by atoms with van der Waals surface area (Å²) in [4.78, 5) is 25.4. The molecule has 170 valence electrons. The van der Waals surface area contributed by atoms with E-state index in [-0.39, 0.29) is 5.56 Å². The van der Waals surface area contributed by atoms with Crippen LogP contribution in [0.3, 0.4) is 0 Å². The van der Waals surface area contributed by atoms with E-state index in [0.29, 0.717) is 33.3 Å². The minimum Gasteiger partial charge on any atom is -0.324 e. The quantitative estimate of drug-likeness (QED) is 0.346. The molecule has 5 rings (SSSR count). The summed E-state index contributed by atoms with van der Waals surface area (Å²) in [6.07, 6.45) is 1.54. The minimum atomic E-state index is -0.331. The normalized spacial score (nSPS) is 11.3. The van der Waals surface area contributed by atoms with Crippen LogP contribution >= 0.6 is 22.9 Å². The van der Waals surface area contributed by atoms with Crippen molar-refractivity contribution in [3.05, 3.63) is 93.2 Å². The van der Waals surface area contributed by atoms with Crippen LogP contribution in [0, 0.1) is 0 Å². The lowest BCUT2D eigenvalue weighted by molar-refractivity contribution is 0.402. The van der Waals surface area contributed by atoms with E-state index < -0.39 is 0 Å². The maximum Gasteiger partial charge on any atom is 0.282 e. The van der Waals surface area contributed by atoms with Crippen LogP contribution in [0.1, 0.15) is 5.56 Å². The molecular weight excluding hydrogens is 468 g/mol. The van der Waals surface area contributed by atoms with Gasteiger partial charge in [0.15, 0.2) is 0 Å². The fourth-order valence-electron chi connectivity index (χ4n) is 3.64. The molecule has 0 unspecified atom stereocenters. The van der Waals surface area contributed by atoms with Crippen LogP contribution in [-0.2, 0) is 6.54 Å². The second-order valence-corrected chi connectivity index (χ2v) is 9.36. The smallest absolute Gasteiger partial charge is 0.282 e. The highest BCUT2D eigenvalue weighted by Gasteiger charge is 2.18. The first-order valence-electron chi connectivity index (χ1n) is 10.6. The molecule has 0 aliphatic carbocycles. The van der Waals surface area contributed by atoms with Crippen LogP contribution in [0.5, 0.6) is 0 Å². The topological polar surface area (TPSA) is 75.9 Å². The molecule has 0 radical (unpaired) electrons. The molecule has 0 amide bonds. The predicted octanol–water partition coefficient (Wildman–Crippen LogP) is 5.36. The van der Waals surface area contributed by atoms with Crippen molar-refractivity contribution in [3.8, 4) is 16.3 Å². The van der Waals surface area contributed by atoms with Crippen LogP contribution in [0.4, 0.5) is 11.6 Å². The number of benzene rings is 2. The van der Waals surface area contributed by atoms with E-state index >= 15 is 0 Å². The number of halogens is 1. The zero-order valence-corrected chi connectivity index (χ0v) is 20.1. The molecule has 7 nitrogen and oxygen atoms in total. The first-order valence-corrected chi connectivity index (χ1v) is 11.8. The highest BCUT2D eigenvalue weighted by Crippen LogP contribution is 2.29. The van der Waals surface area contributed by atoms with E-state index in [1.165, 1.54) is 21.6 Å². The summed E-state index contributed by atoms with van der Waals surface area (Å²) >= 11 is 7.90. The van der Waals surface area contributed by atoms with Crippen LogP contribution in [0.2, 0.25) is 5.02 Å². The zero-order chi connectivity index (χ0) is 23.7. The van der Waals surface area contributed by atoms with Gasteiger partial charge in [0.05, 0.1) is 21.0 Å². The molecule has 0 fully saturated rings. The van der Waals surface area contributed by atoms with Crippen LogP contribution in [0.25, 0.3) is 27.2 Å². The Labute approximate surface area is 205 Å². The van der Waals surface area contributed by atoms with Gasteiger partial charge in [-0.25, -0.2) is 9.97 Å². The number of anilines is 2. The second kappa shape index (κ2) is 9.34. The van der Waals surface area contributed by atoms with E-state index in [9.17, 15) is 4.79 Å². The van der Waals surface area contributed by atoms with Gasteiger partial charge in [-0.3, -0.25) is 4.79 Å². The number of hydrogen-bond acceptors (Lipinski definition) is 7. The number of hydrogen-bond donors (Lipinski definition) is 1. The van der Waals surface area contributed by atoms with E-state index in [2.05, 4.69) is 37.4 Å². The summed E-state index contributed by atoms with van der Waals surface area (Å²) in [5, 5.41) is 10.7. The Morgan fingerprint density at radius 3 is 2.56 bits per heavy atom. The average Bonchev–Trinajstić information content (AvgIpc) is 3.36. The summed E-state index contributed by atoms with van der Waals surface area (Å²) < 4.78 is 1.32. The van der Waals surface area contributed by atoms with Gasteiger partial charge in [-0.1, -0.05) is 41.9 Å². The van der Waals surface area contributed by atoms with Crippen LogP contribution in [-0.4, -0.2) is 38.7 Å². The number of nitrogens with zero attached hydrogens (tertiary/aromatic N) is 5. The van der Waals surface area contributed by atoms with Gasteiger partial charge < -0.3 is 10.2 Å². The summed E-state index contributed by atoms with van der Waals surface area (Å²) in [7, 11) is 4.07. The average molecular weight is 489 g/mol. The fraction of sp³-hybridized carbons (Fsp3) is 0.120. The summed E-state index contributed by atoms with van der Waals surface area (Å²) in [5.41, 5.74) is 3.32. The van der Waals surface area contributed by atoms with E-state index in [0.717, 1.165) is 17.1 Å². The Morgan fingerprint density at radius 1 is 1.06 bits per heavy atom. The summed E-state index contributed by atoms with van der Waals surface area (Å²) in [6, 6.07) is 19.1. The molecule has 0 atom stereocenters. The Bertz CT molecular complexity index is 1510. The van der Waals surface area contributed by atoms with Crippen molar-refractivity contribution in [2.75, 3.05) is 19.4 Å². The first kappa shape index (κ1) is 22.2. The molecule has 0 bridgehead atoms. The molecule has 3 heterocycles. The molecule has 0 saturated carbocycles. The molecule has 2 aromatic carbocycles. The van der Waals surface area contributed by atoms with Gasteiger partial charge in [0.2, 0.25) is 5.95 Å². The van der Waals surface area contributed by atoms with Gasteiger partial charge in [0.25, 0.3) is 5.56 Å². The molecule has 0 saturated heterocycles. The number of rotatable bonds is 6. The predicted molar refractivity (Wildman–Crippen MR) is 138 cm³/mol. The third-order valence-corrected chi connectivity index (χ3v) is 6.38. The molecule has 34 heavy (non-hydrogen) atoms. The lowest BCUT2D eigenvalue weighted by atomic mass is 10.2. The number of aromatic nitrogens is 4. The molecule has 3 aromatic heterocycles. The molecule has 9 heteroatoms. The fourth-order valence-corrected chi connectivity index (χ4v) is 4.57. The minimum absolute atomic E-state index is 0.331. The van der Waals surface area contributed by atoms with E-state index in [1.54, 1.807) is 18.3 Å². The van der Waals surface area contributed by atoms with Gasteiger partial charge in [0.1, 0.15) is 11.2 Å². The largest absolute Gasteiger partial charge is 0.324 e. The summed E-state index contributed by atoms with van der Waals surface area (Å²) in [5.74, 6) is 0.391. The van der Waals surface area contributed by atoms with Crippen molar-refractivity contribution < 1.29 is 0 Å². The van der Waals surface area contributed by atoms with Gasteiger partial charge in [0, 0.05) is 18.4 Å². The van der Waals surface area contributed by atoms with Crippen molar-refractivity contribution in [2.24, 2.45) is 0 Å². The Hall–Kier alpha value is -3.59. The van der Waals surface area contributed by atoms with Crippen LogP contribution in [0.15, 0.2) is 77.0 Å². The van der Waals surface area contributed by atoms with Crippen LogP contribution < -0.4 is 10.9 Å². The van der Waals surface area contributed by atoms with Gasteiger partial charge in [-0.15, -0.1) is 11.3 Å². The number of fused-ring (bicyclic) bond motifs is 1.